The number of nitrogens with one attached hydrogen (secondary N) is 1. The van der Waals surface area contributed by atoms with Crippen molar-refractivity contribution in [3.05, 3.63) is 96.1 Å². The van der Waals surface area contributed by atoms with Gasteiger partial charge in [-0.25, -0.2) is 0 Å². The lowest BCUT2D eigenvalue weighted by Crippen LogP contribution is -2.45. The summed E-state index contributed by atoms with van der Waals surface area (Å²) >= 11 is 0. The predicted octanol–water partition coefficient (Wildman–Crippen LogP) is 3.82. The quantitative estimate of drug-likeness (QED) is 0.562. The summed E-state index contributed by atoms with van der Waals surface area (Å²) in [5, 5.41) is 6.97. The summed E-state index contributed by atoms with van der Waals surface area (Å²) in [7, 11) is 0. The smallest absolute Gasteiger partial charge is 0.251 e. The van der Waals surface area contributed by atoms with E-state index in [0.717, 1.165) is 27.1 Å². The van der Waals surface area contributed by atoms with Gasteiger partial charge in [0.2, 0.25) is 5.91 Å². The van der Waals surface area contributed by atoms with E-state index in [0.29, 0.717) is 12.0 Å². The first kappa shape index (κ1) is 17.7. The zero-order valence-corrected chi connectivity index (χ0v) is 15.3. The first-order chi connectivity index (χ1) is 13.6. The highest BCUT2D eigenvalue weighted by Gasteiger charge is 2.20. The monoisotopic (exact) mass is 368 g/mol. The Morgan fingerprint density at radius 3 is 2.25 bits per heavy atom. The molecule has 0 spiro atoms. The SMILES string of the molecule is NC(=O)[C@H](Cc1cccc2ccccc12)NC(=O)c1ccc2ccccc2c1. The standard InChI is InChI=1S/C24H20N2O2/c25-23(27)22(15-19-10-5-9-17-7-3-4-11-21(17)19)26-24(28)20-13-12-16-6-1-2-8-18(16)14-20/h1-14,22H,15H2,(H2,25,27)(H,26,28)/t22-/m0/s1. The van der Waals surface area contributed by atoms with E-state index in [4.69, 9.17) is 5.73 Å². The Balaban J connectivity index is 1.59. The van der Waals surface area contributed by atoms with E-state index in [9.17, 15) is 9.59 Å². The van der Waals surface area contributed by atoms with E-state index in [1.165, 1.54) is 0 Å². The number of amides is 2. The van der Waals surface area contributed by atoms with Gasteiger partial charge in [0, 0.05) is 12.0 Å². The molecular weight excluding hydrogens is 348 g/mol. The Kier molecular flexibility index (Phi) is 4.77. The number of carbonyl (C=O) groups is 2. The molecule has 0 bridgehead atoms. The molecule has 0 saturated heterocycles. The molecule has 4 nitrogen and oxygen atoms in total. The van der Waals surface area contributed by atoms with Crippen LogP contribution in [0.4, 0.5) is 0 Å². The van der Waals surface area contributed by atoms with Crippen LogP contribution in [0.15, 0.2) is 84.9 Å². The van der Waals surface area contributed by atoms with Gasteiger partial charge in [-0.3, -0.25) is 9.59 Å². The van der Waals surface area contributed by atoms with Gasteiger partial charge in [0.05, 0.1) is 0 Å². The van der Waals surface area contributed by atoms with E-state index in [1.807, 2.05) is 78.9 Å². The van der Waals surface area contributed by atoms with Crippen LogP contribution in [0.5, 0.6) is 0 Å². The summed E-state index contributed by atoms with van der Waals surface area (Å²) < 4.78 is 0. The largest absolute Gasteiger partial charge is 0.368 e. The van der Waals surface area contributed by atoms with Crippen LogP contribution in [0.2, 0.25) is 0 Å². The number of nitrogens with two attached hydrogens (primary N) is 1. The van der Waals surface area contributed by atoms with Crippen LogP contribution in [-0.4, -0.2) is 17.9 Å². The van der Waals surface area contributed by atoms with Crippen molar-refractivity contribution >= 4 is 33.4 Å². The van der Waals surface area contributed by atoms with Crippen molar-refractivity contribution < 1.29 is 9.59 Å². The van der Waals surface area contributed by atoms with Gasteiger partial charge in [0.25, 0.3) is 5.91 Å². The third kappa shape index (κ3) is 3.58. The molecule has 0 unspecified atom stereocenters. The van der Waals surface area contributed by atoms with E-state index in [-0.39, 0.29) is 5.91 Å². The molecule has 0 saturated carbocycles. The summed E-state index contributed by atoms with van der Waals surface area (Å²) in [6.07, 6.45) is 0.343. The number of benzene rings is 4. The second-order valence-electron chi connectivity index (χ2n) is 6.83. The summed E-state index contributed by atoms with van der Waals surface area (Å²) in [4.78, 5) is 24.8. The number of fused-ring (bicyclic) bond motifs is 2. The molecule has 0 radical (unpaired) electrons. The highest BCUT2D eigenvalue weighted by Crippen LogP contribution is 2.20. The fourth-order valence-electron chi connectivity index (χ4n) is 3.49. The topological polar surface area (TPSA) is 72.2 Å². The summed E-state index contributed by atoms with van der Waals surface area (Å²) in [6.45, 7) is 0. The molecule has 0 aromatic heterocycles. The van der Waals surface area contributed by atoms with Gasteiger partial charge in [0.1, 0.15) is 6.04 Å². The summed E-state index contributed by atoms with van der Waals surface area (Å²) in [5.74, 6) is -0.864. The molecule has 2 amide bonds. The molecule has 4 rings (SSSR count). The minimum absolute atomic E-state index is 0.310. The number of hydrogen-bond donors (Lipinski definition) is 2. The van der Waals surface area contributed by atoms with Gasteiger partial charge >= 0.3 is 0 Å². The second-order valence-corrected chi connectivity index (χ2v) is 6.83. The maximum absolute atomic E-state index is 12.7. The number of hydrogen-bond acceptors (Lipinski definition) is 2. The van der Waals surface area contributed by atoms with Crippen molar-refractivity contribution in [1.82, 2.24) is 5.32 Å². The fourth-order valence-corrected chi connectivity index (χ4v) is 3.49. The van der Waals surface area contributed by atoms with Crippen LogP contribution in [0, 0.1) is 0 Å². The first-order valence-corrected chi connectivity index (χ1v) is 9.17. The van der Waals surface area contributed by atoms with Crippen molar-refractivity contribution in [2.24, 2.45) is 5.73 Å². The van der Waals surface area contributed by atoms with Crippen molar-refractivity contribution in [1.29, 1.82) is 0 Å². The normalized spacial score (nSPS) is 12.0. The van der Waals surface area contributed by atoms with Gasteiger partial charge in [-0.15, -0.1) is 0 Å². The lowest BCUT2D eigenvalue weighted by atomic mass is 9.98. The molecule has 4 heteroatoms. The van der Waals surface area contributed by atoms with E-state index in [1.54, 1.807) is 6.07 Å². The predicted molar refractivity (Wildman–Crippen MR) is 112 cm³/mol. The van der Waals surface area contributed by atoms with Crippen LogP contribution in [0.3, 0.4) is 0 Å². The Morgan fingerprint density at radius 1 is 0.786 bits per heavy atom. The lowest BCUT2D eigenvalue weighted by Gasteiger charge is -2.17. The van der Waals surface area contributed by atoms with Crippen LogP contribution in [0.25, 0.3) is 21.5 Å². The van der Waals surface area contributed by atoms with Gasteiger partial charge in [-0.2, -0.15) is 0 Å². The summed E-state index contributed by atoms with van der Waals surface area (Å²) in [5.41, 5.74) is 7.07. The van der Waals surface area contributed by atoms with Gasteiger partial charge < -0.3 is 11.1 Å². The minimum Gasteiger partial charge on any atom is -0.368 e. The zero-order valence-electron chi connectivity index (χ0n) is 15.3. The molecule has 0 fully saturated rings. The average Bonchev–Trinajstić information content (AvgIpc) is 2.73. The number of rotatable bonds is 5. The van der Waals surface area contributed by atoms with Crippen molar-refractivity contribution in [3.8, 4) is 0 Å². The highest BCUT2D eigenvalue weighted by atomic mass is 16.2. The molecule has 1 atom stereocenters. The summed E-state index contributed by atoms with van der Waals surface area (Å²) in [6, 6.07) is 26.4. The van der Waals surface area contributed by atoms with Gasteiger partial charge in [0.15, 0.2) is 0 Å². The fraction of sp³-hybridized carbons (Fsp3) is 0.0833. The third-order valence-electron chi connectivity index (χ3n) is 4.96. The third-order valence-corrected chi connectivity index (χ3v) is 4.96. The van der Waals surface area contributed by atoms with E-state index in [2.05, 4.69) is 5.32 Å². The minimum atomic E-state index is -0.787. The highest BCUT2D eigenvalue weighted by molar-refractivity contribution is 6.00. The van der Waals surface area contributed by atoms with Crippen LogP contribution in [-0.2, 0) is 11.2 Å². The lowest BCUT2D eigenvalue weighted by molar-refractivity contribution is -0.119. The molecule has 3 N–H and O–H groups in total. The maximum Gasteiger partial charge on any atom is 0.251 e. The van der Waals surface area contributed by atoms with E-state index >= 15 is 0 Å². The second kappa shape index (κ2) is 7.53. The van der Waals surface area contributed by atoms with Crippen molar-refractivity contribution in [2.45, 2.75) is 12.5 Å². The number of carbonyl (C=O) groups excluding carboxylic acids is 2. The Hall–Kier alpha value is -3.66. The molecular formula is C24H20N2O2. The van der Waals surface area contributed by atoms with Crippen LogP contribution >= 0.6 is 0 Å². The molecule has 4 aromatic rings. The Labute approximate surface area is 163 Å². The van der Waals surface area contributed by atoms with Gasteiger partial charge in [-0.1, -0.05) is 72.8 Å². The number of primary amides is 1. The first-order valence-electron chi connectivity index (χ1n) is 9.17. The van der Waals surface area contributed by atoms with Crippen molar-refractivity contribution in [3.63, 3.8) is 0 Å². The molecule has 28 heavy (non-hydrogen) atoms. The molecule has 0 aliphatic rings. The Bertz CT molecular complexity index is 1180. The molecule has 0 aliphatic heterocycles. The van der Waals surface area contributed by atoms with Crippen molar-refractivity contribution in [2.75, 3.05) is 0 Å². The maximum atomic E-state index is 12.7. The van der Waals surface area contributed by atoms with E-state index < -0.39 is 11.9 Å². The molecule has 0 heterocycles. The van der Waals surface area contributed by atoms with Gasteiger partial charge in [-0.05, 0) is 39.2 Å². The zero-order chi connectivity index (χ0) is 19.5. The average molecular weight is 368 g/mol. The molecule has 0 aliphatic carbocycles. The molecule has 4 aromatic carbocycles. The molecule has 138 valence electrons. The van der Waals surface area contributed by atoms with Crippen LogP contribution in [0.1, 0.15) is 15.9 Å². The Morgan fingerprint density at radius 2 is 1.46 bits per heavy atom. The van der Waals surface area contributed by atoms with Crippen LogP contribution < -0.4 is 11.1 Å².